The van der Waals surface area contributed by atoms with E-state index in [1.807, 2.05) is 49.4 Å². The van der Waals surface area contributed by atoms with Crippen LogP contribution in [-0.4, -0.2) is 19.6 Å². The molecule has 0 unspecified atom stereocenters. The average Bonchev–Trinajstić information content (AvgIpc) is 2.62. The molecule has 0 aliphatic carbocycles. The predicted octanol–water partition coefficient (Wildman–Crippen LogP) is 4.11. The first kappa shape index (κ1) is 18.0. The molecule has 0 heterocycles. The number of amides is 1. The zero-order valence-corrected chi connectivity index (χ0v) is 14.5. The van der Waals surface area contributed by atoms with Gasteiger partial charge in [-0.1, -0.05) is 37.3 Å². The Morgan fingerprint density at radius 3 is 2.58 bits per heavy atom. The number of methoxy groups -OCH3 is 1. The van der Waals surface area contributed by atoms with Crippen LogP contribution in [0.5, 0.6) is 5.75 Å². The van der Waals surface area contributed by atoms with Gasteiger partial charge >= 0.3 is 0 Å². The van der Waals surface area contributed by atoms with Crippen molar-refractivity contribution in [1.82, 2.24) is 5.32 Å². The first-order valence-electron chi connectivity index (χ1n) is 8.26. The van der Waals surface area contributed by atoms with Crippen LogP contribution < -0.4 is 10.1 Å². The van der Waals surface area contributed by atoms with Crippen LogP contribution in [-0.2, 0) is 11.3 Å². The van der Waals surface area contributed by atoms with Gasteiger partial charge in [-0.15, -0.1) is 0 Å². The summed E-state index contributed by atoms with van der Waals surface area (Å²) < 4.78 is 10.9. The monoisotopic (exact) mass is 327 g/mol. The topological polar surface area (TPSA) is 47.6 Å². The molecule has 2 aromatic carbocycles. The van der Waals surface area contributed by atoms with Gasteiger partial charge in [-0.3, -0.25) is 4.79 Å². The van der Waals surface area contributed by atoms with E-state index in [-0.39, 0.29) is 11.9 Å². The van der Waals surface area contributed by atoms with Crippen LogP contribution in [0.3, 0.4) is 0 Å². The highest BCUT2D eigenvalue weighted by atomic mass is 16.5. The molecule has 0 aliphatic rings. The minimum atomic E-state index is -0.106. The standard InChI is InChI=1S/C20H25NO3/c1-4-12-24-14-18-13-17(10-11-19(18)23-3)20(22)21-15(2)16-8-6-5-7-9-16/h5-11,13,15H,4,12,14H2,1-3H3,(H,21,22)/t15-/m1/s1. The molecule has 0 radical (unpaired) electrons. The van der Waals surface area contributed by atoms with Crippen molar-refractivity contribution in [2.24, 2.45) is 0 Å². The minimum absolute atomic E-state index is 0.0550. The van der Waals surface area contributed by atoms with E-state index in [0.717, 1.165) is 23.3 Å². The number of nitrogens with one attached hydrogen (secondary N) is 1. The number of carbonyl (C=O) groups is 1. The SMILES string of the molecule is CCCOCc1cc(C(=O)N[C@H](C)c2ccccc2)ccc1OC. The van der Waals surface area contributed by atoms with Gasteiger partial charge in [0.25, 0.3) is 5.91 Å². The Bertz CT molecular complexity index is 655. The predicted molar refractivity (Wildman–Crippen MR) is 95.3 cm³/mol. The summed E-state index contributed by atoms with van der Waals surface area (Å²) in [4.78, 5) is 12.5. The molecule has 0 aliphatic heterocycles. The van der Waals surface area contributed by atoms with Gasteiger partial charge in [-0.25, -0.2) is 0 Å². The maximum atomic E-state index is 12.5. The fraction of sp³-hybridized carbons (Fsp3) is 0.350. The second kappa shape index (κ2) is 9.08. The van der Waals surface area contributed by atoms with E-state index < -0.39 is 0 Å². The number of benzene rings is 2. The van der Waals surface area contributed by atoms with Crippen molar-refractivity contribution in [3.63, 3.8) is 0 Å². The molecular formula is C20H25NO3. The summed E-state index contributed by atoms with van der Waals surface area (Å²) in [5, 5.41) is 3.02. The van der Waals surface area contributed by atoms with E-state index in [9.17, 15) is 4.79 Å². The summed E-state index contributed by atoms with van der Waals surface area (Å²) in [6, 6.07) is 15.3. The Labute approximate surface area is 143 Å². The normalized spacial score (nSPS) is 11.8. The van der Waals surface area contributed by atoms with Crippen LogP contribution in [0.1, 0.15) is 47.8 Å². The van der Waals surface area contributed by atoms with Gasteiger partial charge in [0.2, 0.25) is 0 Å². The van der Waals surface area contributed by atoms with Gasteiger partial charge in [0.1, 0.15) is 5.75 Å². The summed E-state index contributed by atoms with van der Waals surface area (Å²) in [5.74, 6) is 0.629. The van der Waals surface area contributed by atoms with Crippen LogP contribution in [0.25, 0.3) is 0 Å². The molecule has 1 atom stereocenters. The number of ether oxygens (including phenoxy) is 2. The van der Waals surface area contributed by atoms with Gasteiger partial charge in [-0.2, -0.15) is 0 Å². The summed E-state index contributed by atoms with van der Waals surface area (Å²) in [6.07, 6.45) is 0.955. The fourth-order valence-electron chi connectivity index (χ4n) is 2.46. The van der Waals surface area contributed by atoms with E-state index in [0.29, 0.717) is 18.8 Å². The van der Waals surface area contributed by atoms with Crippen molar-refractivity contribution >= 4 is 5.91 Å². The van der Waals surface area contributed by atoms with Crippen molar-refractivity contribution in [3.8, 4) is 5.75 Å². The second-order valence-corrected chi connectivity index (χ2v) is 5.69. The maximum Gasteiger partial charge on any atom is 0.251 e. The molecule has 4 heteroatoms. The quantitative estimate of drug-likeness (QED) is 0.742. The Kier molecular flexibility index (Phi) is 6.82. The minimum Gasteiger partial charge on any atom is -0.496 e. The first-order valence-corrected chi connectivity index (χ1v) is 8.26. The van der Waals surface area contributed by atoms with E-state index in [1.54, 1.807) is 13.2 Å². The fourth-order valence-corrected chi connectivity index (χ4v) is 2.46. The van der Waals surface area contributed by atoms with Crippen molar-refractivity contribution in [2.45, 2.75) is 32.9 Å². The summed E-state index contributed by atoms with van der Waals surface area (Å²) >= 11 is 0. The largest absolute Gasteiger partial charge is 0.496 e. The van der Waals surface area contributed by atoms with E-state index >= 15 is 0 Å². The van der Waals surface area contributed by atoms with Gasteiger partial charge in [0, 0.05) is 17.7 Å². The molecular weight excluding hydrogens is 302 g/mol. The van der Waals surface area contributed by atoms with Crippen molar-refractivity contribution in [3.05, 3.63) is 65.2 Å². The zero-order valence-electron chi connectivity index (χ0n) is 14.5. The van der Waals surface area contributed by atoms with Crippen LogP contribution in [0.15, 0.2) is 48.5 Å². The highest BCUT2D eigenvalue weighted by molar-refractivity contribution is 5.94. The smallest absolute Gasteiger partial charge is 0.251 e. The highest BCUT2D eigenvalue weighted by Gasteiger charge is 2.13. The molecule has 4 nitrogen and oxygen atoms in total. The van der Waals surface area contributed by atoms with E-state index in [4.69, 9.17) is 9.47 Å². The Balaban J connectivity index is 2.09. The molecule has 0 saturated heterocycles. The highest BCUT2D eigenvalue weighted by Crippen LogP contribution is 2.21. The third kappa shape index (κ3) is 4.83. The Hall–Kier alpha value is -2.33. The maximum absolute atomic E-state index is 12.5. The summed E-state index contributed by atoms with van der Waals surface area (Å²) in [6.45, 7) is 5.16. The van der Waals surface area contributed by atoms with Crippen molar-refractivity contribution < 1.29 is 14.3 Å². The van der Waals surface area contributed by atoms with Crippen molar-refractivity contribution in [2.75, 3.05) is 13.7 Å². The lowest BCUT2D eigenvalue weighted by molar-refractivity contribution is 0.0939. The van der Waals surface area contributed by atoms with Crippen LogP contribution in [0, 0.1) is 0 Å². The number of hydrogen-bond acceptors (Lipinski definition) is 3. The third-order valence-corrected chi connectivity index (χ3v) is 3.80. The van der Waals surface area contributed by atoms with Gasteiger partial charge in [-0.05, 0) is 37.1 Å². The average molecular weight is 327 g/mol. The molecule has 0 aromatic heterocycles. The number of rotatable bonds is 8. The molecule has 1 N–H and O–H groups in total. The van der Waals surface area contributed by atoms with Crippen LogP contribution >= 0.6 is 0 Å². The number of carbonyl (C=O) groups excluding carboxylic acids is 1. The van der Waals surface area contributed by atoms with Crippen LogP contribution in [0.4, 0.5) is 0 Å². The molecule has 0 bridgehead atoms. The Morgan fingerprint density at radius 2 is 1.92 bits per heavy atom. The van der Waals surface area contributed by atoms with Crippen molar-refractivity contribution in [1.29, 1.82) is 0 Å². The number of hydrogen-bond donors (Lipinski definition) is 1. The lowest BCUT2D eigenvalue weighted by atomic mass is 10.1. The van der Waals surface area contributed by atoms with Gasteiger partial charge < -0.3 is 14.8 Å². The molecule has 128 valence electrons. The summed E-state index contributed by atoms with van der Waals surface area (Å²) in [5.41, 5.74) is 2.56. The molecule has 0 saturated carbocycles. The summed E-state index contributed by atoms with van der Waals surface area (Å²) in [7, 11) is 1.62. The molecule has 2 aromatic rings. The molecule has 24 heavy (non-hydrogen) atoms. The molecule has 1 amide bonds. The van der Waals surface area contributed by atoms with E-state index in [2.05, 4.69) is 12.2 Å². The lowest BCUT2D eigenvalue weighted by Crippen LogP contribution is -2.26. The Morgan fingerprint density at radius 1 is 1.17 bits per heavy atom. The molecule has 0 fully saturated rings. The van der Waals surface area contributed by atoms with Crippen LogP contribution in [0.2, 0.25) is 0 Å². The molecule has 2 rings (SSSR count). The molecule has 0 spiro atoms. The zero-order chi connectivity index (χ0) is 17.4. The first-order chi connectivity index (χ1) is 11.7. The van der Waals surface area contributed by atoms with E-state index in [1.165, 1.54) is 0 Å². The lowest BCUT2D eigenvalue weighted by Gasteiger charge is -2.15. The third-order valence-electron chi connectivity index (χ3n) is 3.80. The second-order valence-electron chi connectivity index (χ2n) is 5.69. The van der Waals surface area contributed by atoms with Gasteiger partial charge in [0.15, 0.2) is 0 Å². The van der Waals surface area contributed by atoms with Gasteiger partial charge in [0.05, 0.1) is 19.8 Å².